The number of rotatable bonds is 1. The number of amides is 1. The lowest BCUT2D eigenvalue weighted by molar-refractivity contribution is 0.0899. The number of carbonyl (C=O) groups excluding carboxylic acids is 1. The summed E-state index contributed by atoms with van der Waals surface area (Å²) in [5, 5.41) is 3.54. The van der Waals surface area contributed by atoms with Gasteiger partial charge in [-0.15, -0.1) is 0 Å². The molecule has 70 valence electrons. The molecule has 0 aliphatic carbocycles. The van der Waals surface area contributed by atoms with Gasteiger partial charge >= 0.3 is 0 Å². The van der Waals surface area contributed by atoms with Gasteiger partial charge in [-0.05, 0) is 12.5 Å². The molecule has 0 radical (unpaired) electrons. The third kappa shape index (κ3) is 1.44. The number of hydrogen-bond donors (Lipinski definition) is 1. The van der Waals surface area contributed by atoms with Crippen molar-refractivity contribution in [1.82, 2.24) is 9.88 Å². The second kappa shape index (κ2) is 3.07. The molecule has 13 heavy (non-hydrogen) atoms. The van der Waals surface area contributed by atoms with Crippen LogP contribution < -0.4 is 5.32 Å². The normalized spacial score (nSPS) is 21.1. The smallest absolute Gasteiger partial charge is 0.268 e. The first kappa shape index (κ1) is 8.63. The summed E-state index contributed by atoms with van der Waals surface area (Å²) in [6, 6.07) is 1.94. The number of aromatic nitrogens is 1. The van der Waals surface area contributed by atoms with Gasteiger partial charge in [0.2, 0.25) is 0 Å². The molecule has 1 atom stereocenters. The molecular formula is C9H11ClN2O. The molecule has 0 spiro atoms. The quantitative estimate of drug-likeness (QED) is 0.732. The van der Waals surface area contributed by atoms with E-state index in [0.717, 1.165) is 13.0 Å². The van der Waals surface area contributed by atoms with Gasteiger partial charge in [-0.25, -0.2) is 0 Å². The maximum atomic E-state index is 11.5. The van der Waals surface area contributed by atoms with E-state index >= 15 is 0 Å². The van der Waals surface area contributed by atoms with Crippen LogP contribution >= 0.6 is 11.6 Å². The molecule has 2 rings (SSSR count). The van der Waals surface area contributed by atoms with Gasteiger partial charge in [-0.1, -0.05) is 18.5 Å². The fourth-order valence-corrected chi connectivity index (χ4v) is 1.81. The van der Waals surface area contributed by atoms with Crippen molar-refractivity contribution in [2.75, 3.05) is 0 Å². The number of fused-ring (bicyclic) bond motifs is 1. The van der Waals surface area contributed by atoms with Crippen LogP contribution in [0.3, 0.4) is 0 Å². The lowest BCUT2D eigenvalue weighted by Crippen LogP contribution is -2.43. The zero-order valence-electron chi connectivity index (χ0n) is 7.38. The Kier molecular flexibility index (Phi) is 2.04. The van der Waals surface area contributed by atoms with E-state index in [1.165, 1.54) is 0 Å². The third-order valence-corrected chi connectivity index (χ3v) is 2.55. The largest absolute Gasteiger partial charge is 0.346 e. The average Bonchev–Trinajstić information content (AvgIpc) is 2.46. The van der Waals surface area contributed by atoms with Crippen molar-refractivity contribution in [2.24, 2.45) is 0 Å². The van der Waals surface area contributed by atoms with Gasteiger partial charge in [-0.2, -0.15) is 0 Å². The Labute approximate surface area is 81.7 Å². The van der Waals surface area contributed by atoms with Crippen molar-refractivity contribution in [3.63, 3.8) is 0 Å². The summed E-state index contributed by atoms with van der Waals surface area (Å²) in [6.07, 6.45) is 2.75. The van der Waals surface area contributed by atoms with E-state index < -0.39 is 0 Å². The highest BCUT2D eigenvalue weighted by Crippen LogP contribution is 2.18. The molecule has 1 amide bonds. The van der Waals surface area contributed by atoms with Gasteiger partial charge in [0.15, 0.2) is 0 Å². The SMILES string of the molecule is CCC1Cn2cc(Cl)cc2C(=O)N1. The molecule has 0 bridgehead atoms. The van der Waals surface area contributed by atoms with E-state index in [1.54, 1.807) is 12.3 Å². The fourth-order valence-electron chi connectivity index (χ4n) is 1.59. The Morgan fingerprint density at radius 3 is 3.23 bits per heavy atom. The summed E-state index contributed by atoms with van der Waals surface area (Å²) < 4.78 is 1.91. The van der Waals surface area contributed by atoms with Crippen molar-refractivity contribution >= 4 is 17.5 Å². The minimum absolute atomic E-state index is 0.0231. The van der Waals surface area contributed by atoms with Crippen molar-refractivity contribution in [3.05, 3.63) is 23.0 Å². The molecule has 1 aliphatic heterocycles. The molecule has 0 aromatic carbocycles. The van der Waals surface area contributed by atoms with E-state index in [9.17, 15) is 4.79 Å². The van der Waals surface area contributed by atoms with E-state index in [2.05, 4.69) is 12.2 Å². The van der Waals surface area contributed by atoms with E-state index in [-0.39, 0.29) is 11.9 Å². The van der Waals surface area contributed by atoms with Crippen LogP contribution in [0.25, 0.3) is 0 Å². The first-order valence-electron chi connectivity index (χ1n) is 4.37. The number of nitrogens with one attached hydrogen (secondary N) is 1. The van der Waals surface area contributed by atoms with Crippen molar-refractivity contribution in [2.45, 2.75) is 25.9 Å². The number of halogens is 1. The highest BCUT2D eigenvalue weighted by molar-refractivity contribution is 6.31. The van der Waals surface area contributed by atoms with Crippen molar-refractivity contribution in [3.8, 4) is 0 Å². The average molecular weight is 199 g/mol. The lowest BCUT2D eigenvalue weighted by atomic mass is 10.2. The van der Waals surface area contributed by atoms with Crippen LogP contribution in [0.1, 0.15) is 23.8 Å². The molecule has 1 aromatic rings. The summed E-state index contributed by atoms with van der Waals surface area (Å²) in [5.74, 6) is -0.0231. The number of hydrogen-bond acceptors (Lipinski definition) is 1. The van der Waals surface area contributed by atoms with Gasteiger partial charge in [0, 0.05) is 18.8 Å². The summed E-state index contributed by atoms with van der Waals surface area (Å²) in [6.45, 7) is 2.88. The zero-order valence-corrected chi connectivity index (χ0v) is 8.14. The van der Waals surface area contributed by atoms with Crippen LogP contribution in [0.5, 0.6) is 0 Å². The Morgan fingerprint density at radius 2 is 2.54 bits per heavy atom. The molecule has 0 saturated carbocycles. The molecule has 0 saturated heterocycles. The second-order valence-corrected chi connectivity index (χ2v) is 3.71. The Bertz CT molecular complexity index is 345. The molecule has 1 aromatic heterocycles. The number of nitrogens with zero attached hydrogens (tertiary/aromatic N) is 1. The monoisotopic (exact) mass is 198 g/mol. The first-order chi connectivity index (χ1) is 6.20. The van der Waals surface area contributed by atoms with Crippen LogP contribution in [-0.4, -0.2) is 16.5 Å². The van der Waals surface area contributed by atoms with Crippen LogP contribution in [0, 0.1) is 0 Å². The Balaban J connectivity index is 2.36. The minimum atomic E-state index is -0.0231. The van der Waals surface area contributed by atoms with Gasteiger partial charge in [0.25, 0.3) is 5.91 Å². The van der Waals surface area contributed by atoms with E-state index in [1.807, 2.05) is 4.57 Å². The molecule has 0 fully saturated rings. The van der Waals surface area contributed by atoms with E-state index in [0.29, 0.717) is 10.7 Å². The van der Waals surface area contributed by atoms with Crippen LogP contribution in [0.4, 0.5) is 0 Å². The van der Waals surface area contributed by atoms with Gasteiger partial charge in [0.1, 0.15) is 5.69 Å². The first-order valence-corrected chi connectivity index (χ1v) is 4.75. The highest BCUT2D eigenvalue weighted by atomic mass is 35.5. The molecule has 2 heterocycles. The lowest BCUT2D eigenvalue weighted by Gasteiger charge is -2.24. The maximum Gasteiger partial charge on any atom is 0.268 e. The standard InChI is InChI=1S/C9H11ClN2O/c1-2-7-5-12-4-6(10)3-8(12)9(13)11-7/h3-4,7H,2,5H2,1H3,(H,11,13). The number of carbonyl (C=O) groups is 1. The fraction of sp³-hybridized carbons (Fsp3) is 0.444. The minimum Gasteiger partial charge on any atom is -0.346 e. The molecule has 3 nitrogen and oxygen atoms in total. The summed E-state index contributed by atoms with van der Waals surface area (Å²) >= 11 is 5.81. The van der Waals surface area contributed by atoms with Crippen molar-refractivity contribution in [1.29, 1.82) is 0 Å². The van der Waals surface area contributed by atoms with Crippen LogP contribution in [0.2, 0.25) is 5.02 Å². The van der Waals surface area contributed by atoms with Crippen LogP contribution in [0.15, 0.2) is 12.3 Å². The summed E-state index contributed by atoms with van der Waals surface area (Å²) in [4.78, 5) is 11.5. The molecule has 4 heteroatoms. The predicted octanol–water partition coefficient (Wildman–Crippen LogP) is 1.66. The molecular weight excluding hydrogens is 188 g/mol. The Hall–Kier alpha value is -0.960. The van der Waals surface area contributed by atoms with Gasteiger partial charge in [-0.3, -0.25) is 4.79 Å². The second-order valence-electron chi connectivity index (χ2n) is 3.27. The Morgan fingerprint density at radius 1 is 1.77 bits per heavy atom. The van der Waals surface area contributed by atoms with Gasteiger partial charge < -0.3 is 9.88 Å². The van der Waals surface area contributed by atoms with E-state index in [4.69, 9.17) is 11.6 Å². The van der Waals surface area contributed by atoms with Gasteiger partial charge in [0.05, 0.1) is 5.02 Å². The zero-order chi connectivity index (χ0) is 9.42. The van der Waals surface area contributed by atoms with Crippen molar-refractivity contribution < 1.29 is 4.79 Å². The molecule has 1 aliphatic rings. The van der Waals surface area contributed by atoms with Crippen LogP contribution in [-0.2, 0) is 6.54 Å². The topological polar surface area (TPSA) is 34.0 Å². The summed E-state index contributed by atoms with van der Waals surface area (Å²) in [7, 11) is 0. The third-order valence-electron chi connectivity index (χ3n) is 2.34. The summed E-state index contributed by atoms with van der Waals surface area (Å²) in [5.41, 5.74) is 0.662. The maximum absolute atomic E-state index is 11.5. The predicted molar refractivity (Wildman–Crippen MR) is 51.0 cm³/mol. The molecule has 1 unspecified atom stereocenters. The molecule has 1 N–H and O–H groups in total. The highest BCUT2D eigenvalue weighted by Gasteiger charge is 2.22.